The Morgan fingerprint density at radius 1 is 1.30 bits per heavy atom. The molecule has 1 aromatic rings. The second-order valence-corrected chi connectivity index (χ2v) is 5.61. The Labute approximate surface area is 135 Å². The van der Waals surface area contributed by atoms with E-state index in [0.717, 1.165) is 0 Å². The zero-order valence-corrected chi connectivity index (χ0v) is 13.7. The Morgan fingerprint density at radius 2 is 1.91 bits per heavy atom. The predicted octanol–water partition coefficient (Wildman–Crippen LogP) is 0.762. The van der Waals surface area contributed by atoms with Gasteiger partial charge in [0.1, 0.15) is 18.2 Å². The molecule has 0 aliphatic rings. The summed E-state index contributed by atoms with van der Waals surface area (Å²) in [6.07, 6.45) is 0. The van der Waals surface area contributed by atoms with E-state index in [2.05, 4.69) is 5.32 Å². The maximum Gasteiger partial charge on any atom is 0.241 e. The van der Waals surface area contributed by atoms with E-state index in [4.69, 9.17) is 10.5 Å². The van der Waals surface area contributed by atoms with Crippen LogP contribution in [0.25, 0.3) is 0 Å². The highest BCUT2D eigenvalue weighted by Gasteiger charge is 2.18. The van der Waals surface area contributed by atoms with Gasteiger partial charge in [-0.25, -0.2) is 4.39 Å². The Balaban J connectivity index is 2.28. The number of likely N-dealkylation sites (N-methyl/N-ethyl adjacent to an activating group) is 1. The van der Waals surface area contributed by atoms with E-state index in [1.165, 1.54) is 29.2 Å². The molecule has 0 aliphatic carbocycles. The van der Waals surface area contributed by atoms with Crippen LogP contribution in [0.1, 0.15) is 13.8 Å². The zero-order chi connectivity index (χ0) is 17.4. The van der Waals surface area contributed by atoms with Crippen LogP contribution in [0.3, 0.4) is 0 Å². The van der Waals surface area contributed by atoms with E-state index < -0.39 is 6.04 Å². The van der Waals surface area contributed by atoms with Gasteiger partial charge in [-0.15, -0.1) is 0 Å². The van der Waals surface area contributed by atoms with Crippen LogP contribution in [0.4, 0.5) is 4.39 Å². The molecule has 0 fully saturated rings. The number of rotatable bonds is 8. The average molecular weight is 325 g/mol. The summed E-state index contributed by atoms with van der Waals surface area (Å²) in [5.41, 5.74) is 5.69. The first kappa shape index (κ1) is 18.9. The SMILES string of the molecule is CC(C)[C@H](N)C(=O)NCC(=O)N(C)CCOc1ccc(F)cc1. The number of benzene rings is 1. The van der Waals surface area contributed by atoms with E-state index in [0.29, 0.717) is 12.3 Å². The van der Waals surface area contributed by atoms with Crippen molar-refractivity contribution < 1.29 is 18.7 Å². The molecule has 7 heteroatoms. The lowest BCUT2D eigenvalue weighted by molar-refractivity contribution is -0.132. The molecule has 0 spiro atoms. The van der Waals surface area contributed by atoms with Gasteiger partial charge < -0.3 is 20.7 Å². The molecule has 23 heavy (non-hydrogen) atoms. The third kappa shape index (κ3) is 6.65. The molecule has 0 heterocycles. The van der Waals surface area contributed by atoms with Gasteiger partial charge in [-0.1, -0.05) is 13.8 Å². The highest BCUT2D eigenvalue weighted by molar-refractivity contribution is 5.87. The number of nitrogens with one attached hydrogen (secondary N) is 1. The lowest BCUT2D eigenvalue weighted by Gasteiger charge is -2.19. The van der Waals surface area contributed by atoms with Gasteiger partial charge in [0.15, 0.2) is 0 Å². The molecule has 0 aromatic heterocycles. The first-order valence-electron chi connectivity index (χ1n) is 7.47. The van der Waals surface area contributed by atoms with Crippen molar-refractivity contribution in [2.75, 3.05) is 26.7 Å². The Morgan fingerprint density at radius 3 is 2.48 bits per heavy atom. The minimum absolute atomic E-state index is 0.00643. The molecule has 6 nitrogen and oxygen atoms in total. The van der Waals surface area contributed by atoms with Crippen molar-refractivity contribution in [1.82, 2.24) is 10.2 Å². The minimum Gasteiger partial charge on any atom is -0.492 e. The Bertz CT molecular complexity index is 520. The molecule has 3 N–H and O–H groups in total. The first-order valence-corrected chi connectivity index (χ1v) is 7.47. The summed E-state index contributed by atoms with van der Waals surface area (Å²) in [6, 6.07) is 5.01. The van der Waals surface area contributed by atoms with E-state index in [9.17, 15) is 14.0 Å². The maximum atomic E-state index is 12.7. The van der Waals surface area contributed by atoms with Crippen LogP contribution >= 0.6 is 0 Å². The van der Waals surface area contributed by atoms with Gasteiger partial charge in [-0.05, 0) is 30.2 Å². The van der Waals surface area contributed by atoms with Crippen molar-refractivity contribution in [1.29, 1.82) is 0 Å². The summed E-state index contributed by atoms with van der Waals surface area (Å²) in [6.45, 7) is 4.19. The van der Waals surface area contributed by atoms with Crippen molar-refractivity contribution in [3.05, 3.63) is 30.1 Å². The van der Waals surface area contributed by atoms with E-state index in [-0.39, 0.29) is 36.7 Å². The van der Waals surface area contributed by atoms with Crippen LogP contribution in [-0.4, -0.2) is 49.5 Å². The molecule has 0 aliphatic heterocycles. The molecule has 0 saturated heterocycles. The molecule has 128 valence electrons. The number of nitrogens with zero attached hydrogens (tertiary/aromatic N) is 1. The Hall–Kier alpha value is -2.15. The van der Waals surface area contributed by atoms with Crippen LogP contribution in [0.15, 0.2) is 24.3 Å². The fraction of sp³-hybridized carbons (Fsp3) is 0.500. The van der Waals surface area contributed by atoms with Crippen LogP contribution in [0.5, 0.6) is 5.75 Å². The molecule has 2 amide bonds. The normalized spacial score (nSPS) is 11.9. The zero-order valence-electron chi connectivity index (χ0n) is 13.7. The highest BCUT2D eigenvalue weighted by atomic mass is 19.1. The molecule has 0 saturated carbocycles. The molecule has 1 rings (SSSR count). The van der Waals surface area contributed by atoms with Crippen LogP contribution in [0.2, 0.25) is 0 Å². The van der Waals surface area contributed by atoms with Crippen molar-refractivity contribution >= 4 is 11.8 Å². The molecular formula is C16H24FN3O3. The second-order valence-electron chi connectivity index (χ2n) is 5.61. The fourth-order valence-corrected chi connectivity index (χ4v) is 1.67. The van der Waals surface area contributed by atoms with Crippen LogP contribution in [0, 0.1) is 11.7 Å². The summed E-state index contributed by atoms with van der Waals surface area (Å²) >= 11 is 0. The number of carbonyl (C=O) groups is 2. The quantitative estimate of drug-likeness (QED) is 0.739. The lowest BCUT2D eigenvalue weighted by Crippen LogP contribution is -2.47. The first-order chi connectivity index (χ1) is 10.8. The molecule has 0 radical (unpaired) electrons. The number of halogens is 1. The number of amides is 2. The largest absolute Gasteiger partial charge is 0.492 e. The van der Waals surface area contributed by atoms with Gasteiger partial charge in [-0.2, -0.15) is 0 Å². The van der Waals surface area contributed by atoms with Gasteiger partial charge in [0.2, 0.25) is 11.8 Å². The van der Waals surface area contributed by atoms with Gasteiger partial charge in [-0.3, -0.25) is 9.59 Å². The predicted molar refractivity (Wildman–Crippen MR) is 85.4 cm³/mol. The average Bonchev–Trinajstić information content (AvgIpc) is 2.53. The van der Waals surface area contributed by atoms with Crippen molar-refractivity contribution in [3.63, 3.8) is 0 Å². The maximum absolute atomic E-state index is 12.7. The number of nitrogens with two attached hydrogens (primary N) is 1. The van der Waals surface area contributed by atoms with Gasteiger partial charge in [0.25, 0.3) is 0 Å². The molecular weight excluding hydrogens is 301 g/mol. The van der Waals surface area contributed by atoms with E-state index in [1.54, 1.807) is 7.05 Å². The minimum atomic E-state index is -0.630. The fourth-order valence-electron chi connectivity index (χ4n) is 1.67. The van der Waals surface area contributed by atoms with Crippen LogP contribution < -0.4 is 15.8 Å². The highest BCUT2D eigenvalue weighted by Crippen LogP contribution is 2.10. The third-order valence-electron chi connectivity index (χ3n) is 3.37. The van der Waals surface area contributed by atoms with Gasteiger partial charge in [0, 0.05) is 7.05 Å². The van der Waals surface area contributed by atoms with Gasteiger partial charge >= 0.3 is 0 Å². The summed E-state index contributed by atoms with van der Waals surface area (Å²) in [4.78, 5) is 25.0. The van der Waals surface area contributed by atoms with Crippen molar-refractivity contribution in [2.45, 2.75) is 19.9 Å². The Kier molecular flexibility index (Phi) is 7.47. The summed E-state index contributed by atoms with van der Waals surface area (Å²) in [7, 11) is 1.62. The standard InChI is InChI=1S/C16H24FN3O3/c1-11(2)15(18)16(22)19-10-14(21)20(3)8-9-23-13-6-4-12(17)5-7-13/h4-7,11,15H,8-10,18H2,1-3H3,(H,19,22)/t15-/m0/s1. The second kappa shape index (κ2) is 9.09. The summed E-state index contributed by atoms with van der Waals surface area (Å²) in [5.74, 6) is -0.378. The number of hydrogen-bond donors (Lipinski definition) is 2. The number of hydrogen-bond acceptors (Lipinski definition) is 4. The van der Waals surface area contributed by atoms with Gasteiger partial charge in [0.05, 0.1) is 19.1 Å². The smallest absolute Gasteiger partial charge is 0.241 e. The van der Waals surface area contributed by atoms with E-state index in [1.807, 2.05) is 13.8 Å². The van der Waals surface area contributed by atoms with Crippen molar-refractivity contribution in [2.24, 2.45) is 11.7 Å². The number of ether oxygens (including phenoxy) is 1. The van der Waals surface area contributed by atoms with Crippen LogP contribution in [-0.2, 0) is 9.59 Å². The topological polar surface area (TPSA) is 84.7 Å². The molecule has 1 aromatic carbocycles. The third-order valence-corrected chi connectivity index (χ3v) is 3.37. The molecule has 0 bridgehead atoms. The molecule has 1 atom stereocenters. The molecule has 0 unspecified atom stereocenters. The summed E-state index contributed by atoms with van der Waals surface area (Å²) < 4.78 is 18.2. The summed E-state index contributed by atoms with van der Waals surface area (Å²) in [5, 5.41) is 2.52. The van der Waals surface area contributed by atoms with E-state index >= 15 is 0 Å². The van der Waals surface area contributed by atoms with Crippen molar-refractivity contribution in [3.8, 4) is 5.75 Å². The monoisotopic (exact) mass is 325 g/mol. The lowest BCUT2D eigenvalue weighted by atomic mass is 10.1. The number of carbonyl (C=O) groups excluding carboxylic acids is 2.